The lowest BCUT2D eigenvalue weighted by Crippen LogP contribution is -1.89. The molecule has 0 aromatic heterocycles. The van der Waals surface area contributed by atoms with Crippen molar-refractivity contribution in [3.05, 3.63) is 23.7 Å². The maximum absolute atomic E-state index is 5.72. The minimum atomic E-state index is 0.690. The average molecular weight is 116 g/mol. The Labute approximate surface area is 57.1 Å². The Balaban J connectivity index is 2.28. The summed E-state index contributed by atoms with van der Waals surface area (Å²) < 4.78 is 0. The molecule has 0 aromatic rings. The van der Waals surface area contributed by atoms with E-state index >= 15 is 0 Å². The Hall–Kier alpha value is -0.455. The molecule has 0 heterocycles. The molecule has 1 heteroatoms. The summed E-state index contributed by atoms with van der Waals surface area (Å²) in [4.78, 5) is 0. The van der Waals surface area contributed by atoms with Crippen molar-refractivity contribution in [3.8, 4) is 0 Å². The van der Waals surface area contributed by atoms with Crippen molar-refractivity contribution >= 4 is 7.85 Å². The standard InChI is InChI=1S/C8H9B/c1-5-6-3-2-4-7(9)8(5)6/h2-6,8H,1H3. The van der Waals surface area contributed by atoms with E-state index in [9.17, 15) is 0 Å². The Bertz CT molecular complexity index is 191. The van der Waals surface area contributed by atoms with Crippen molar-refractivity contribution in [2.45, 2.75) is 6.92 Å². The van der Waals surface area contributed by atoms with Crippen LogP contribution in [0.3, 0.4) is 0 Å². The molecule has 1 saturated carbocycles. The van der Waals surface area contributed by atoms with Crippen LogP contribution in [-0.2, 0) is 0 Å². The monoisotopic (exact) mass is 116 g/mol. The molecule has 44 valence electrons. The number of fused-ring (bicyclic) bond motifs is 1. The highest BCUT2D eigenvalue weighted by Gasteiger charge is 2.45. The lowest BCUT2D eigenvalue weighted by atomic mass is 9.87. The van der Waals surface area contributed by atoms with Crippen LogP contribution in [0.5, 0.6) is 0 Å². The maximum atomic E-state index is 5.72. The lowest BCUT2D eigenvalue weighted by Gasteiger charge is -1.99. The molecule has 0 aliphatic heterocycles. The van der Waals surface area contributed by atoms with E-state index in [2.05, 4.69) is 19.1 Å². The molecule has 0 saturated heterocycles. The average Bonchev–Trinajstić information content (AvgIpc) is 2.45. The highest BCUT2D eigenvalue weighted by atomic mass is 14.5. The van der Waals surface area contributed by atoms with Crippen LogP contribution in [0.25, 0.3) is 0 Å². The first-order valence-corrected chi connectivity index (χ1v) is 3.44. The summed E-state index contributed by atoms with van der Waals surface area (Å²) in [6.07, 6.45) is 6.34. The normalized spacial score (nSPS) is 45.9. The fraction of sp³-hybridized carbons (Fsp3) is 0.500. The van der Waals surface area contributed by atoms with Crippen LogP contribution in [-0.4, -0.2) is 7.85 Å². The van der Waals surface area contributed by atoms with Gasteiger partial charge < -0.3 is 0 Å². The highest BCUT2D eigenvalue weighted by molar-refractivity contribution is 6.22. The first kappa shape index (κ1) is 5.34. The molecule has 0 aromatic carbocycles. The Morgan fingerprint density at radius 1 is 1.56 bits per heavy atom. The van der Waals surface area contributed by atoms with Crippen LogP contribution >= 0.6 is 0 Å². The van der Waals surface area contributed by atoms with E-state index in [1.54, 1.807) is 0 Å². The van der Waals surface area contributed by atoms with Gasteiger partial charge in [-0.25, -0.2) is 0 Å². The topological polar surface area (TPSA) is 0 Å². The molecule has 0 amide bonds. The van der Waals surface area contributed by atoms with E-state index in [1.807, 2.05) is 6.08 Å². The van der Waals surface area contributed by atoms with E-state index in [1.165, 1.54) is 0 Å². The van der Waals surface area contributed by atoms with Crippen molar-refractivity contribution in [1.82, 2.24) is 0 Å². The summed E-state index contributed by atoms with van der Waals surface area (Å²) in [7, 11) is 5.72. The summed E-state index contributed by atoms with van der Waals surface area (Å²) in [5.74, 6) is 2.27. The molecular weight excluding hydrogens is 107 g/mol. The first-order chi connectivity index (χ1) is 4.30. The molecule has 3 unspecified atom stereocenters. The van der Waals surface area contributed by atoms with Gasteiger partial charge in [0, 0.05) is 0 Å². The molecule has 0 N–H and O–H groups in total. The first-order valence-electron chi connectivity index (χ1n) is 3.44. The van der Waals surface area contributed by atoms with Gasteiger partial charge in [-0.3, -0.25) is 0 Å². The Morgan fingerprint density at radius 2 is 2.33 bits per heavy atom. The summed E-state index contributed by atoms with van der Waals surface area (Å²) in [6, 6.07) is 0. The van der Waals surface area contributed by atoms with Crippen LogP contribution < -0.4 is 0 Å². The Morgan fingerprint density at radius 3 is 2.89 bits per heavy atom. The minimum absolute atomic E-state index is 0.690. The van der Waals surface area contributed by atoms with Gasteiger partial charge in [-0.15, -0.1) is 5.47 Å². The van der Waals surface area contributed by atoms with E-state index < -0.39 is 0 Å². The molecule has 2 radical (unpaired) electrons. The summed E-state index contributed by atoms with van der Waals surface area (Å²) in [6.45, 7) is 2.26. The van der Waals surface area contributed by atoms with Crippen molar-refractivity contribution in [3.63, 3.8) is 0 Å². The second-order valence-electron chi connectivity index (χ2n) is 3.01. The second-order valence-corrected chi connectivity index (χ2v) is 3.01. The molecule has 2 aliphatic rings. The Kier molecular flexibility index (Phi) is 0.906. The molecule has 2 aliphatic carbocycles. The van der Waals surface area contributed by atoms with Gasteiger partial charge in [0.25, 0.3) is 0 Å². The highest BCUT2D eigenvalue weighted by Crippen LogP contribution is 2.52. The van der Waals surface area contributed by atoms with Gasteiger partial charge in [0.1, 0.15) is 7.85 Å². The zero-order chi connectivity index (χ0) is 6.43. The smallest absolute Gasteiger partial charge is 0.108 e. The minimum Gasteiger partial charge on any atom is -0.114 e. The largest absolute Gasteiger partial charge is 0.114 e. The number of allylic oxidation sites excluding steroid dienone is 4. The summed E-state index contributed by atoms with van der Waals surface area (Å²) in [5, 5.41) is 0. The zero-order valence-electron chi connectivity index (χ0n) is 5.54. The van der Waals surface area contributed by atoms with E-state index in [0.29, 0.717) is 5.92 Å². The quantitative estimate of drug-likeness (QED) is 0.420. The van der Waals surface area contributed by atoms with E-state index in [-0.39, 0.29) is 0 Å². The maximum Gasteiger partial charge on any atom is 0.108 e. The van der Waals surface area contributed by atoms with E-state index in [0.717, 1.165) is 17.3 Å². The molecule has 3 atom stereocenters. The molecule has 9 heavy (non-hydrogen) atoms. The van der Waals surface area contributed by atoms with Crippen LogP contribution in [0.15, 0.2) is 23.7 Å². The summed E-state index contributed by atoms with van der Waals surface area (Å²) in [5.41, 5.74) is 1.08. The molecule has 2 rings (SSSR count). The van der Waals surface area contributed by atoms with Crippen LogP contribution in [0.2, 0.25) is 0 Å². The van der Waals surface area contributed by atoms with Crippen molar-refractivity contribution < 1.29 is 0 Å². The molecule has 0 bridgehead atoms. The predicted octanol–water partition coefficient (Wildman–Crippen LogP) is 1.49. The van der Waals surface area contributed by atoms with Crippen molar-refractivity contribution in [2.75, 3.05) is 0 Å². The summed E-state index contributed by atoms with van der Waals surface area (Å²) >= 11 is 0. The van der Waals surface area contributed by atoms with Crippen molar-refractivity contribution in [2.24, 2.45) is 17.8 Å². The van der Waals surface area contributed by atoms with E-state index in [4.69, 9.17) is 7.85 Å². The third-order valence-corrected chi connectivity index (χ3v) is 2.45. The van der Waals surface area contributed by atoms with Crippen LogP contribution in [0, 0.1) is 17.8 Å². The molecule has 0 spiro atoms. The molecule has 0 nitrogen and oxygen atoms in total. The van der Waals surface area contributed by atoms with Gasteiger partial charge >= 0.3 is 0 Å². The van der Waals surface area contributed by atoms with Gasteiger partial charge in [0.05, 0.1) is 0 Å². The van der Waals surface area contributed by atoms with Crippen LogP contribution in [0.1, 0.15) is 6.92 Å². The fourth-order valence-electron chi connectivity index (χ4n) is 1.72. The lowest BCUT2D eigenvalue weighted by molar-refractivity contribution is 0.880. The zero-order valence-corrected chi connectivity index (χ0v) is 5.54. The number of hydrogen-bond donors (Lipinski definition) is 0. The number of hydrogen-bond acceptors (Lipinski definition) is 0. The van der Waals surface area contributed by atoms with Gasteiger partial charge in [-0.1, -0.05) is 25.2 Å². The predicted molar refractivity (Wildman–Crippen MR) is 39.1 cm³/mol. The van der Waals surface area contributed by atoms with Crippen LogP contribution in [0.4, 0.5) is 0 Å². The van der Waals surface area contributed by atoms with Gasteiger partial charge in [0.2, 0.25) is 0 Å². The van der Waals surface area contributed by atoms with Gasteiger partial charge in [-0.05, 0) is 17.8 Å². The van der Waals surface area contributed by atoms with Gasteiger partial charge in [-0.2, -0.15) is 0 Å². The third-order valence-electron chi connectivity index (χ3n) is 2.45. The number of rotatable bonds is 0. The fourth-order valence-corrected chi connectivity index (χ4v) is 1.72. The third kappa shape index (κ3) is 0.607. The SMILES string of the molecule is [B]C1=CC=CC2C(C)C12. The van der Waals surface area contributed by atoms with Crippen molar-refractivity contribution in [1.29, 1.82) is 0 Å². The molecular formula is C8H9B. The molecule has 1 fully saturated rings. The van der Waals surface area contributed by atoms with Gasteiger partial charge in [0.15, 0.2) is 0 Å². The second kappa shape index (κ2) is 1.53.